The van der Waals surface area contributed by atoms with Gasteiger partial charge in [0.05, 0.1) is 22.8 Å². The van der Waals surface area contributed by atoms with Crippen molar-refractivity contribution in [3.8, 4) is 16.8 Å². The molecule has 0 radical (unpaired) electrons. The largest absolute Gasteiger partial charge is 0.333 e. The molecule has 3 aromatic carbocycles. The van der Waals surface area contributed by atoms with E-state index in [0.29, 0.717) is 22.2 Å². The van der Waals surface area contributed by atoms with Gasteiger partial charge in [0.2, 0.25) is 0 Å². The number of fused-ring (bicyclic) bond motifs is 2. The Morgan fingerprint density at radius 3 is 2.45 bits per heavy atom. The summed E-state index contributed by atoms with van der Waals surface area (Å²) in [7, 11) is 0. The monoisotopic (exact) mass is 383 g/mol. The van der Waals surface area contributed by atoms with Gasteiger partial charge < -0.3 is 4.98 Å². The first-order valence-electron chi connectivity index (χ1n) is 9.00. The topological polar surface area (TPSA) is 67.8 Å². The molecule has 0 atom stereocenters. The van der Waals surface area contributed by atoms with E-state index in [-0.39, 0.29) is 10.9 Å². The van der Waals surface area contributed by atoms with Gasteiger partial charge in [0.25, 0.3) is 5.56 Å². The fourth-order valence-electron chi connectivity index (χ4n) is 3.57. The lowest BCUT2D eigenvalue weighted by Crippen LogP contribution is -2.34. The minimum atomic E-state index is -0.605. The fourth-order valence-corrected chi connectivity index (χ4v) is 3.57. The standard InChI is InChI=1S/C23H14FN3O2/c24-19-10-18-20(11-17(19)14-6-2-1-3-7-14)26-23(29)27(22(18)28)21-13-25-12-15-8-4-5-9-16(15)21/h1-13H,(H,26,29). The predicted molar refractivity (Wildman–Crippen MR) is 111 cm³/mol. The highest BCUT2D eigenvalue weighted by Crippen LogP contribution is 2.26. The van der Waals surface area contributed by atoms with Crippen molar-refractivity contribution in [1.29, 1.82) is 0 Å². The molecule has 29 heavy (non-hydrogen) atoms. The maximum absolute atomic E-state index is 14.8. The Morgan fingerprint density at radius 1 is 0.862 bits per heavy atom. The Morgan fingerprint density at radius 2 is 1.62 bits per heavy atom. The zero-order valence-electron chi connectivity index (χ0n) is 15.1. The highest BCUT2D eigenvalue weighted by Gasteiger charge is 2.15. The zero-order valence-corrected chi connectivity index (χ0v) is 15.1. The summed E-state index contributed by atoms with van der Waals surface area (Å²) in [5.74, 6) is -0.532. The van der Waals surface area contributed by atoms with Crippen LogP contribution in [0, 0.1) is 5.82 Å². The van der Waals surface area contributed by atoms with Crippen molar-refractivity contribution in [3.05, 3.63) is 106 Å². The van der Waals surface area contributed by atoms with Crippen LogP contribution in [-0.2, 0) is 0 Å². The molecule has 0 spiro atoms. The third-order valence-corrected chi connectivity index (χ3v) is 4.96. The van der Waals surface area contributed by atoms with Gasteiger partial charge in [0.15, 0.2) is 0 Å². The quantitative estimate of drug-likeness (QED) is 0.500. The van der Waals surface area contributed by atoms with Gasteiger partial charge in [-0.15, -0.1) is 0 Å². The zero-order chi connectivity index (χ0) is 20.0. The molecule has 5 nitrogen and oxygen atoms in total. The number of rotatable bonds is 2. The Kier molecular flexibility index (Phi) is 3.84. The van der Waals surface area contributed by atoms with Gasteiger partial charge >= 0.3 is 5.69 Å². The van der Waals surface area contributed by atoms with Crippen molar-refractivity contribution in [3.63, 3.8) is 0 Å². The highest BCUT2D eigenvalue weighted by molar-refractivity contribution is 5.90. The summed E-state index contributed by atoms with van der Waals surface area (Å²) in [5.41, 5.74) is 0.410. The van der Waals surface area contributed by atoms with Crippen LogP contribution in [0.2, 0.25) is 0 Å². The van der Waals surface area contributed by atoms with Crippen molar-refractivity contribution in [2.75, 3.05) is 0 Å². The molecule has 5 aromatic rings. The van der Waals surface area contributed by atoms with Crippen molar-refractivity contribution in [2.45, 2.75) is 0 Å². The molecule has 140 valence electrons. The van der Waals surface area contributed by atoms with Crippen LogP contribution in [0.3, 0.4) is 0 Å². The van der Waals surface area contributed by atoms with Crippen LogP contribution >= 0.6 is 0 Å². The van der Waals surface area contributed by atoms with Crippen LogP contribution in [0.15, 0.2) is 88.7 Å². The first kappa shape index (κ1) is 17.1. The highest BCUT2D eigenvalue weighted by atomic mass is 19.1. The maximum Gasteiger partial charge on any atom is 0.333 e. The second-order valence-corrected chi connectivity index (χ2v) is 6.69. The van der Waals surface area contributed by atoms with Gasteiger partial charge in [-0.25, -0.2) is 13.8 Å². The Hall–Kier alpha value is -4.06. The molecule has 6 heteroatoms. The lowest BCUT2D eigenvalue weighted by atomic mass is 10.0. The van der Waals surface area contributed by atoms with E-state index in [9.17, 15) is 14.0 Å². The van der Waals surface area contributed by atoms with E-state index in [1.807, 2.05) is 30.3 Å². The van der Waals surface area contributed by atoms with Crippen molar-refractivity contribution in [1.82, 2.24) is 14.5 Å². The van der Waals surface area contributed by atoms with Crippen LogP contribution in [0.1, 0.15) is 0 Å². The summed E-state index contributed by atoms with van der Waals surface area (Å²) in [6.07, 6.45) is 3.12. The fraction of sp³-hybridized carbons (Fsp3) is 0. The normalized spacial score (nSPS) is 11.2. The second kappa shape index (κ2) is 6.53. The number of hydrogen-bond acceptors (Lipinski definition) is 3. The molecule has 1 N–H and O–H groups in total. The number of nitrogens with one attached hydrogen (secondary N) is 1. The molecule has 0 saturated heterocycles. The number of aromatic amines is 1. The second-order valence-electron chi connectivity index (χ2n) is 6.69. The molecular formula is C23H14FN3O2. The van der Waals surface area contributed by atoms with E-state index in [2.05, 4.69) is 9.97 Å². The maximum atomic E-state index is 14.8. The minimum Gasteiger partial charge on any atom is -0.306 e. The molecule has 0 aliphatic rings. The van der Waals surface area contributed by atoms with E-state index in [1.165, 1.54) is 18.3 Å². The lowest BCUT2D eigenvalue weighted by Gasteiger charge is -2.10. The van der Waals surface area contributed by atoms with Crippen LogP contribution in [-0.4, -0.2) is 14.5 Å². The van der Waals surface area contributed by atoms with Crippen molar-refractivity contribution in [2.24, 2.45) is 0 Å². The number of hydrogen-bond donors (Lipinski definition) is 1. The number of halogens is 1. The SMILES string of the molecule is O=c1[nH]c2cc(-c3ccccc3)c(F)cc2c(=O)n1-c1cncc2ccccc12. The van der Waals surface area contributed by atoms with E-state index < -0.39 is 17.1 Å². The lowest BCUT2D eigenvalue weighted by molar-refractivity contribution is 0.632. The van der Waals surface area contributed by atoms with Crippen LogP contribution in [0.4, 0.5) is 4.39 Å². The number of benzene rings is 3. The molecule has 5 rings (SSSR count). The Balaban J connectivity index is 1.82. The number of pyridine rings is 1. The molecule has 0 saturated carbocycles. The average molecular weight is 383 g/mol. The molecule has 0 unspecified atom stereocenters. The van der Waals surface area contributed by atoms with Gasteiger partial charge in [-0.2, -0.15) is 0 Å². The predicted octanol–water partition coefficient (Wildman–Crippen LogP) is 4.03. The molecule has 0 aliphatic heterocycles. The molecule has 2 heterocycles. The van der Waals surface area contributed by atoms with Gasteiger partial charge in [0, 0.05) is 22.5 Å². The number of aromatic nitrogens is 3. The molecule has 0 bridgehead atoms. The van der Waals surface area contributed by atoms with E-state index in [4.69, 9.17) is 0 Å². The minimum absolute atomic E-state index is 0.0923. The summed E-state index contributed by atoms with van der Waals surface area (Å²) in [6, 6.07) is 19.0. The first-order chi connectivity index (χ1) is 14.1. The molecule has 0 amide bonds. The summed E-state index contributed by atoms with van der Waals surface area (Å²) >= 11 is 0. The first-order valence-corrected chi connectivity index (χ1v) is 9.00. The van der Waals surface area contributed by atoms with E-state index >= 15 is 0 Å². The third kappa shape index (κ3) is 2.73. The average Bonchev–Trinajstić information content (AvgIpc) is 2.75. The smallest absolute Gasteiger partial charge is 0.306 e. The van der Waals surface area contributed by atoms with Crippen LogP contribution in [0.5, 0.6) is 0 Å². The van der Waals surface area contributed by atoms with Crippen molar-refractivity contribution >= 4 is 21.7 Å². The summed E-state index contributed by atoms with van der Waals surface area (Å²) in [4.78, 5) is 32.8. The van der Waals surface area contributed by atoms with Gasteiger partial charge in [-0.1, -0.05) is 54.6 Å². The molecule has 2 aromatic heterocycles. The Labute approximate surface area is 163 Å². The van der Waals surface area contributed by atoms with E-state index in [1.54, 1.807) is 30.5 Å². The summed E-state index contributed by atoms with van der Waals surface area (Å²) < 4.78 is 15.8. The van der Waals surface area contributed by atoms with Gasteiger partial charge in [0.1, 0.15) is 5.82 Å². The van der Waals surface area contributed by atoms with E-state index in [0.717, 1.165) is 9.95 Å². The summed E-state index contributed by atoms with van der Waals surface area (Å²) in [6.45, 7) is 0. The van der Waals surface area contributed by atoms with Crippen LogP contribution < -0.4 is 11.2 Å². The summed E-state index contributed by atoms with van der Waals surface area (Å²) in [5, 5.41) is 1.59. The molecule has 0 aliphatic carbocycles. The number of nitrogens with zero attached hydrogens (tertiary/aromatic N) is 2. The van der Waals surface area contributed by atoms with Crippen molar-refractivity contribution < 1.29 is 4.39 Å². The Bertz CT molecular complexity index is 1500. The third-order valence-electron chi connectivity index (χ3n) is 4.96. The van der Waals surface area contributed by atoms with Gasteiger partial charge in [-0.05, 0) is 17.7 Å². The number of H-pyrrole nitrogens is 1. The van der Waals surface area contributed by atoms with Gasteiger partial charge in [-0.3, -0.25) is 9.78 Å². The molecule has 0 fully saturated rings. The molecular weight excluding hydrogens is 369 g/mol. The van der Waals surface area contributed by atoms with Crippen LogP contribution in [0.25, 0.3) is 38.5 Å².